The van der Waals surface area contributed by atoms with Crippen LogP contribution in [0.4, 0.5) is 0 Å². The van der Waals surface area contributed by atoms with E-state index < -0.39 is 10.2 Å². The van der Waals surface area contributed by atoms with Crippen molar-refractivity contribution in [2.24, 2.45) is 0 Å². The van der Waals surface area contributed by atoms with Crippen LogP contribution in [0, 0.1) is 0 Å². The number of H-pyrrole nitrogens is 1. The van der Waals surface area contributed by atoms with Crippen LogP contribution in [0.2, 0.25) is 0 Å². The SMILES string of the molecule is CCC(NS(=O)(=O)N1CCOCC1)c1ncc[nH]1. The lowest BCUT2D eigenvalue weighted by atomic mass is 10.2. The molecule has 8 heteroatoms. The van der Waals surface area contributed by atoms with Crippen molar-refractivity contribution in [2.75, 3.05) is 26.3 Å². The topological polar surface area (TPSA) is 87.3 Å². The minimum atomic E-state index is -3.48. The van der Waals surface area contributed by atoms with E-state index in [1.54, 1.807) is 12.4 Å². The molecule has 2 rings (SSSR count). The molecule has 0 aromatic carbocycles. The molecule has 0 radical (unpaired) electrons. The number of aromatic amines is 1. The maximum absolute atomic E-state index is 12.2. The Kier molecular flexibility index (Phi) is 4.33. The molecule has 1 aromatic rings. The molecule has 7 nitrogen and oxygen atoms in total. The van der Waals surface area contributed by atoms with Gasteiger partial charge in [-0.3, -0.25) is 0 Å². The third-order valence-electron chi connectivity index (χ3n) is 2.86. The summed E-state index contributed by atoms with van der Waals surface area (Å²) in [7, 11) is -3.48. The molecule has 1 saturated heterocycles. The number of hydrogen-bond acceptors (Lipinski definition) is 4. The normalized spacial score (nSPS) is 19.8. The van der Waals surface area contributed by atoms with E-state index in [4.69, 9.17) is 4.74 Å². The number of rotatable bonds is 5. The Labute approximate surface area is 107 Å². The zero-order valence-corrected chi connectivity index (χ0v) is 11.1. The summed E-state index contributed by atoms with van der Waals surface area (Å²) < 4.78 is 33.6. The summed E-state index contributed by atoms with van der Waals surface area (Å²) in [6, 6.07) is -0.326. The van der Waals surface area contributed by atoms with E-state index in [2.05, 4.69) is 14.7 Å². The summed E-state index contributed by atoms with van der Waals surface area (Å²) >= 11 is 0. The van der Waals surface area contributed by atoms with Crippen LogP contribution in [-0.4, -0.2) is 49.0 Å². The number of hydrogen-bond donors (Lipinski definition) is 2. The van der Waals surface area contributed by atoms with Gasteiger partial charge in [0.15, 0.2) is 0 Å². The Hall–Kier alpha value is -0.960. The summed E-state index contributed by atoms with van der Waals surface area (Å²) in [4.78, 5) is 7.02. The van der Waals surface area contributed by atoms with Gasteiger partial charge in [0.1, 0.15) is 5.82 Å². The zero-order chi connectivity index (χ0) is 13.0. The van der Waals surface area contributed by atoms with Crippen LogP contribution in [0.25, 0.3) is 0 Å². The third kappa shape index (κ3) is 3.08. The maximum atomic E-state index is 12.2. The summed E-state index contributed by atoms with van der Waals surface area (Å²) in [6.45, 7) is 3.58. The second-order valence-corrected chi connectivity index (χ2v) is 5.77. The first-order valence-corrected chi connectivity index (χ1v) is 7.42. The minimum Gasteiger partial charge on any atom is -0.379 e. The van der Waals surface area contributed by atoms with Gasteiger partial charge in [-0.1, -0.05) is 6.92 Å². The van der Waals surface area contributed by atoms with Gasteiger partial charge in [-0.25, -0.2) is 4.98 Å². The van der Waals surface area contributed by atoms with Gasteiger partial charge >= 0.3 is 0 Å². The van der Waals surface area contributed by atoms with Gasteiger partial charge in [-0.15, -0.1) is 0 Å². The summed E-state index contributed by atoms with van der Waals surface area (Å²) in [5.74, 6) is 0.634. The number of imidazole rings is 1. The summed E-state index contributed by atoms with van der Waals surface area (Å²) in [5, 5.41) is 0. The van der Waals surface area contributed by atoms with Crippen LogP contribution in [0.5, 0.6) is 0 Å². The molecular formula is C10H18N4O3S. The van der Waals surface area contributed by atoms with Crippen molar-refractivity contribution in [2.45, 2.75) is 19.4 Å². The molecule has 0 aliphatic carbocycles. The average Bonchev–Trinajstić information content (AvgIpc) is 2.91. The van der Waals surface area contributed by atoms with Gasteiger partial charge in [0.2, 0.25) is 0 Å². The third-order valence-corrected chi connectivity index (χ3v) is 4.49. The number of aromatic nitrogens is 2. The summed E-state index contributed by atoms with van der Waals surface area (Å²) in [6.07, 6.45) is 3.93. The fraction of sp³-hybridized carbons (Fsp3) is 0.700. The number of morpholine rings is 1. The highest BCUT2D eigenvalue weighted by molar-refractivity contribution is 7.87. The van der Waals surface area contributed by atoms with Crippen molar-refractivity contribution in [3.63, 3.8) is 0 Å². The fourth-order valence-corrected chi connectivity index (χ4v) is 3.26. The largest absolute Gasteiger partial charge is 0.379 e. The van der Waals surface area contributed by atoms with E-state index in [-0.39, 0.29) is 6.04 Å². The van der Waals surface area contributed by atoms with Crippen molar-refractivity contribution in [3.8, 4) is 0 Å². The number of nitrogens with one attached hydrogen (secondary N) is 2. The van der Waals surface area contributed by atoms with E-state index >= 15 is 0 Å². The molecule has 1 unspecified atom stereocenters. The lowest BCUT2D eigenvalue weighted by molar-refractivity contribution is 0.0723. The quantitative estimate of drug-likeness (QED) is 0.793. The van der Waals surface area contributed by atoms with E-state index in [1.165, 1.54) is 4.31 Å². The fourth-order valence-electron chi connectivity index (χ4n) is 1.84. The molecule has 0 bridgehead atoms. The second-order valence-electron chi connectivity index (χ2n) is 4.07. The number of ether oxygens (including phenoxy) is 1. The molecule has 0 saturated carbocycles. The lowest BCUT2D eigenvalue weighted by Crippen LogP contribution is -2.47. The molecule has 1 aromatic heterocycles. The monoisotopic (exact) mass is 274 g/mol. The molecule has 0 spiro atoms. The first kappa shape index (κ1) is 13.5. The molecule has 1 atom stereocenters. The smallest absolute Gasteiger partial charge is 0.280 e. The zero-order valence-electron chi connectivity index (χ0n) is 10.3. The molecule has 1 aliphatic heterocycles. The summed E-state index contributed by atoms with van der Waals surface area (Å²) in [5.41, 5.74) is 0. The van der Waals surface area contributed by atoms with Gasteiger partial charge < -0.3 is 9.72 Å². The second kappa shape index (κ2) is 5.79. The standard InChI is InChI=1S/C10H18N4O3S/c1-2-9(10-11-3-4-12-10)13-18(15,16)14-5-7-17-8-6-14/h3-4,9,13H,2,5-8H2,1H3,(H,11,12). The van der Waals surface area contributed by atoms with Crippen molar-refractivity contribution in [3.05, 3.63) is 18.2 Å². The van der Waals surface area contributed by atoms with Gasteiger partial charge in [-0.05, 0) is 6.42 Å². The predicted octanol–water partition coefficient (Wildman–Crippen LogP) is 0.0274. The Morgan fingerprint density at radius 3 is 2.83 bits per heavy atom. The molecule has 102 valence electrons. The van der Waals surface area contributed by atoms with Crippen molar-refractivity contribution < 1.29 is 13.2 Å². The first-order valence-electron chi connectivity index (χ1n) is 5.98. The highest BCUT2D eigenvalue weighted by Gasteiger charge is 2.27. The Balaban J connectivity index is 2.06. The molecule has 18 heavy (non-hydrogen) atoms. The molecule has 0 amide bonds. The van der Waals surface area contributed by atoms with Gasteiger partial charge in [0.05, 0.1) is 19.3 Å². The highest BCUT2D eigenvalue weighted by atomic mass is 32.2. The number of nitrogens with zero attached hydrogens (tertiary/aromatic N) is 2. The van der Waals surface area contributed by atoms with Crippen LogP contribution >= 0.6 is 0 Å². The Morgan fingerprint density at radius 2 is 2.28 bits per heavy atom. The highest BCUT2D eigenvalue weighted by Crippen LogP contribution is 2.14. The first-order chi connectivity index (χ1) is 8.63. The van der Waals surface area contributed by atoms with E-state index in [0.717, 1.165) is 0 Å². The molecule has 2 heterocycles. The van der Waals surface area contributed by atoms with Crippen molar-refractivity contribution in [1.82, 2.24) is 19.0 Å². The molecular weight excluding hydrogens is 256 g/mol. The van der Waals surface area contributed by atoms with E-state index in [9.17, 15) is 8.42 Å². The van der Waals surface area contributed by atoms with E-state index in [0.29, 0.717) is 38.5 Å². The van der Waals surface area contributed by atoms with Crippen LogP contribution in [0.3, 0.4) is 0 Å². The van der Waals surface area contributed by atoms with Crippen molar-refractivity contribution in [1.29, 1.82) is 0 Å². The average molecular weight is 274 g/mol. The van der Waals surface area contributed by atoms with Crippen molar-refractivity contribution >= 4 is 10.2 Å². The van der Waals surface area contributed by atoms with Gasteiger partial charge in [0, 0.05) is 25.5 Å². The molecule has 1 fully saturated rings. The Bertz CT molecular complexity index is 453. The predicted molar refractivity (Wildman–Crippen MR) is 66.1 cm³/mol. The maximum Gasteiger partial charge on any atom is 0.280 e. The lowest BCUT2D eigenvalue weighted by Gasteiger charge is -2.27. The minimum absolute atomic E-state index is 0.326. The van der Waals surface area contributed by atoms with Gasteiger partial charge in [0.25, 0.3) is 10.2 Å². The van der Waals surface area contributed by atoms with Crippen LogP contribution in [0.1, 0.15) is 25.2 Å². The Morgan fingerprint density at radius 1 is 1.56 bits per heavy atom. The molecule has 1 aliphatic rings. The van der Waals surface area contributed by atoms with Crippen LogP contribution in [-0.2, 0) is 14.9 Å². The van der Waals surface area contributed by atoms with Gasteiger partial charge in [-0.2, -0.15) is 17.4 Å². The van der Waals surface area contributed by atoms with Crippen LogP contribution < -0.4 is 4.72 Å². The van der Waals surface area contributed by atoms with E-state index in [1.807, 2.05) is 6.92 Å². The molecule has 2 N–H and O–H groups in total. The van der Waals surface area contributed by atoms with Crippen LogP contribution in [0.15, 0.2) is 12.4 Å².